The van der Waals surface area contributed by atoms with Crippen LogP contribution in [0, 0.1) is 23.7 Å². The SMILES string of the molecule is Cn1ccc(CS(=O)(=O)c2ccc(C(=O)NCCCc3cn[nH]c3)cc2C#Cc2ccc(C(=O)NCCN3CC4C(N)C4C3)cc2)n1. The van der Waals surface area contributed by atoms with Crippen LogP contribution in [0.15, 0.2) is 72.0 Å². The number of hydrogen-bond donors (Lipinski definition) is 4. The van der Waals surface area contributed by atoms with E-state index in [2.05, 4.69) is 42.7 Å². The van der Waals surface area contributed by atoms with Gasteiger partial charge in [0.05, 0.1) is 22.5 Å². The molecule has 2 fully saturated rings. The summed E-state index contributed by atoms with van der Waals surface area (Å²) in [6, 6.07) is 13.2. The molecule has 0 radical (unpaired) electrons. The van der Waals surface area contributed by atoms with E-state index < -0.39 is 9.84 Å². The zero-order valence-electron chi connectivity index (χ0n) is 26.1. The van der Waals surface area contributed by atoms with Crippen LogP contribution in [0.25, 0.3) is 0 Å². The second kappa shape index (κ2) is 13.9. The Kier molecular flexibility index (Phi) is 9.53. The highest BCUT2D eigenvalue weighted by molar-refractivity contribution is 7.90. The highest BCUT2D eigenvalue weighted by atomic mass is 32.2. The molecule has 12 nitrogen and oxygen atoms in total. The van der Waals surface area contributed by atoms with Crippen molar-refractivity contribution >= 4 is 21.7 Å². The van der Waals surface area contributed by atoms with E-state index in [0.717, 1.165) is 38.0 Å². The van der Waals surface area contributed by atoms with Crippen LogP contribution in [-0.2, 0) is 29.1 Å². The van der Waals surface area contributed by atoms with Crippen molar-refractivity contribution in [3.8, 4) is 11.8 Å². The van der Waals surface area contributed by atoms with Crippen molar-refractivity contribution in [3.05, 3.63) is 101 Å². The Morgan fingerprint density at radius 2 is 1.72 bits per heavy atom. The Balaban J connectivity index is 1.13. The summed E-state index contributed by atoms with van der Waals surface area (Å²) in [4.78, 5) is 28.0. The molecule has 4 aromatic rings. The zero-order valence-corrected chi connectivity index (χ0v) is 27.0. The van der Waals surface area contributed by atoms with Crippen molar-refractivity contribution in [2.45, 2.75) is 29.5 Å². The van der Waals surface area contributed by atoms with Gasteiger partial charge in [0.25, 0.3) is 11.8 Å². The number of likely N-dealkylation sites (tertiary alicyclic amines) is 1. The number of sulfone groups is 1. The van der Waals surface area contributed by atoms with E-state index in [0.29, 0.717) is 53.4 Å². The second-order valence-corrected chi connectivity index (χ2v) is 14.1. The van der Waals surface area contributed by atoms with Gasteiger partial charge in [-0.25, -0.2) is 8.42 Å². The maximum absolute atomic E-state index is 13.5. The summed E-state index contributed by atoms with van der Waals surface area (Å²) >= 11 is 0. The van der Waals surface area contributed by atoms with Crippen LogP contribution >= 0.6 is 0 Å². The number of amides is 2. The van der Waals surface area contributed by atoms with Gasteiger partial charge in [0, 0.05) is 80.5 Å². The number of piperidine rings is 1. The molecule has 47 heavy (non-hydrogen) atoms. The van der Waals surface area contributed by atoms with Crippen molar-refractivity contribution in [1.82, 2.24) is 35.5 Å². The van der Waals surface area contributed by atoms with E-state index in [1.165, 1.54) is 18.2 Å². The number of carbonyl (C=O) groups excluding carboxylic acids is 2. The van der Waals surface area contributed by atoms with Crippen LogP contribution in [0.3, 0.4) is 0 Å². The Labute approximate surface area is 274 Å². The monoisotopic (exact) mass is 654 g/mol. The van der Waals surface area contributed by atoms with Gasteiger partial charge in [0.1, 0.15) is 0 Å². The molecule has 6 rings (SSSR count). The minimum Gasteiger partial charge on any atom is -0.352 e. The molecule has 1 aliphatic carbocycles. The average molecular weight is 655 g/mol. The Bertz CT molecular complexity index is 1900. The van der Waals surface area contributed by atoms with E-state index in [4.69, 9.17) is 5.73 Å². The third kappa shape index (κ3) is 7.97. The number of nitrogens with one attached hydrogen (secondary N) is 3. The number of hydrogen-bond acceptors (Lipinski definition) is 8. The molecule has 0 bridgehead atoms. The molecule has 2 aromatic carbocycles. The Morgan fingerprint density at radius 3 is 2.43 bits per heavy atom. The summed E-state index contributed by atoms with van der Waals surface area (Å²) in [6.45, 7) is 3.80. The number of nitrogens with two attached hydrogens (primary N) is 1. The largest absolute Gasteiger partial charge is 0.352 e. The lowest BCUT2D eigenvalue weighted by Gasteiger charge is -2.18. The number of aryl methyl sites for hydroxylation is 2. The van der Waals surface area contributed by atoms with E-state index in [9.17, 15) is 18.0 Å². The van der Waals surface area contributed by atoms with Gasteiger partial charge in [-0.3, -0.25) is 19.4 Å². The highest BCUT2D eigenvalue weighted by Gasteiger charge is 2.53. The minimum atomic E-state index is -3.84. The summed E-state index contributed by atoms with van der Waals surface area (Å²) in [5, 5.41) is 16.8. The molecule has 2 unspecified atom stereocenters. The molecule has 1 saturated heterocycles. The molecule has 13 heteroatoms. The third-order valence-electron chi connectivity index (χ3n) is 8.70. The Hall–Kier alpha value is -4.77. The first-order valence-electron chi connectivity index (χ1n) is 15.7. The fourth-order valence-electron chi connectivity index (χ4n) is 5.98. The molecular weight excluding hydrogens is 616 g/mol. The standard InChI is InChI=1S/C34H38N8O4S/c1-41-15-12-28(40-41)22-47(45,46)31-11-10-27(34(44)36-13-2-3-24-18-38-39-19-24)17-26(31)9-6-23-4-7-25(8-5-23)33(43)37-14-16-42-20-29-30(21-42)32(29)35/h4-5,7-8,10-12,15,17-19,29-30,32H,2-3,13-14,16,20-22,35H2,1H3,(H,36,44)(H,37,43)(H,38,39). The zero-order chi connectivity index (χ0) is 33.0. The van der Waals surface area contributed by atoms with Gasteiger partial charge in [-0.15, -0.1) is 0 Å². The normalized spacial score (nSPS) is 18.6. The van der Waals surface area contributed by atoms with Gasteiger partial charge in [-0.1, -0.05) is 11.8 Å². The molecule has 0 spiro atoms. The van der Waals surface area contributed by atoms with Crippen LogP contribution in [-0.4, -0.2) is 83.9 Å². The van der Waals surface area contributed by atoms with E-state index >= 15 is 0 Å². The molecule has 2 aromatic heterocycles. The number of H-pyrrole nitrogens is 1. The van der Waals surface area contributed by atoms with Crippen molar-refractivity contribution in [2.24, 2.45) is 24.6 Å². The molecular formula is C34H38N8O4S. The second-order valence-electron chi connectivity index (χ2n) is 12.2. The predicted octanol–water partition coefficient (Wildman–Crippen LogP) is 1.50. The van der Waals surface area contributed by atoms with Crippen LogP contribution in [0.1, 0.15) is 49.5 Å². The number of carbonyl (C=O) groups is 2. The van der Waals surface area contributed by atoms with E-state index in [1.807, 2.05) is 6.20 Å². The molecule has 244 valence electrons. The summed E-state index contributed by atoms with van der Waals surface area (Å²) in [7, 11) is -2.12. The number of aromatic amines is 1. The summed E-state index contributed by atoms with van der Waals surface area (Å²) in [5.74, 6) is 6.40. The Morgan fingerprint density at radius 1 is 1.00 bits per heavy atom. The first-order valence-corrected chi connectivity index (χ1v) is 17.3. The molecule has 2 atom stereocenters. The lowest BCUT2D eigenvalue weighted by Crippen LogP contribution is -2.36. The molecule has 1 saturated carbocycles. The van der Waals surface area contributed by atoms with Crippen molar-refractivity contribution in [1.29, 1.82) is 0 Å². The average Bonchev–Trinajstić information content (AvgIpc) is 3.59. The molecule has 2 aliphatic rings. The van der Waals surface area contributed by atoms with Gasteiger partial charge in [-0.05, 0) is 78.8 Å². The van der Waals surface area contributed by atoms with Gasteiger partial charge in [0.15, 0.2) is 9.84 Å². The topological polar surface area (TPSA) is 168 Å². The predicted molar refractivity (Wildman–Crippen MR) is 176 cm³/mol. The molecule has 5 N–H and O–H groups in total. The van der Waals surface area contributed by atoms with Crippen LogP contribution in [0.4, 0.5) is 0 Å². The molecule has 3 heterocycles. The first kappa shape index (κ1) is 32.2. The number of benzene rings is 2. The summed E-state index contributed by atoms with van der Waals surface area (Å²) < 4.78 is 28.5. The first-order chi connectivity index (χ1) is 22.7. The van der Waals surface area contributed by atoms with Gasteiger partial charge < -0.3 is 21.3 Å². The molecule has 1 aliphatic heterocycles. The third-order valence-corrected chi connectivity index (χ3v) is 10.4. The van der Waals surface area contributed by atoms with Gasteiger partial charge in [-0.2, -0.15) is 10.2 Å². The number of nitrogens with zero attached hydrogens (tertiary/aromatic N) is 4. The fourth-order valence-corrected chi connectivity index (χ4v) is 7.40. The maximum atomic E-state index is 13.5. The van der Waals surface area contributed by atoms with E-state index in [-0.39, 0.29) is 28.0 Å². The lowest BCUT2D eigenvalue weighted by atomic mass is 10.1. The van der Waals surface area contributed by atoms with Crippen LogP contribution in [0.5, 0.6) is 0 Å². The number of fused-ring (bicyclic) bond motifs is 1. The molecule has 2 amide bonds. The van der Waals surface area contributed by atoms with Crippen molar-refractivity contribution in [2.75, 3.05) is 32.7 Å². The van der Waals surface area contributed by atoms with Crippen molar-refractivity contribution < 1.29 is 18.0 Å². The summed E-state index contributed by atoms with van der Waals surface area (Å²) in [5.41, 5.74) is 9.06. The van der Waals surface area contributed by atoms with E-state index in [1.54, 1.807) is 54.5 Å². The quantitative estimate of drug-likeness (QED) is 0.132. The smallest absolute Gasteiger partial charge is 0.251 e. The van der Waals surface area contributed by atoms with Crippen LogP contribution in [0.2, 0.25) is 0 Å². The summed E-state index contributed by atoms with van der Waals surface area (Å²) in [6.07, 6.45) is 6.72. The van der Waals surface area contributed by atoms with Crippen molar-refractivity contribution in [3.63, 3.8) is 0 Å². The van der Waals surface area contributed by atoms with Crippen LogP contribution < -0.4 is 16.4 Å². The number of aromatic nitrogens is 4. The lowest BCUT2D eigenvalue weighted by molar-refractivity contribution is 0.0942. The maximum Gasteiger partial charge on any atom is 0.251 e. The highest BCUT2D eigenvalue weighted by Crippen LogP contribution is 2.43. The van der Waals surface area contributed by atoms with Gasteiger partial charge in [0.2, 0.25) is 0 Å². The minimum absolute atomic E-state index is 0.0143. The number of rotatable bonds is 12. The van der Waals surface area contributed by atoms with Gasteiger partial charge >= 0.3 is 0 Å². The fraction of sp³-hybridized carbons (Fsp3) is 0.353.